The zero-order chi connectivity index (χ0) is 12.8. The molecule has 2 heterocycles. The molecule has 0 amide bonds. The predicted octanol–water partition coefficient (Wildman–Crippen LogP) is 1.92. The van der Waals surface area contributed by atoms with Gasteiger partial charge in [0.15, 0.2) is 0 Å². The summed E-state index contributed by atoms with van der Waals surface area (Å²) in [7, 11) is 0. The third-order valence-electron chi connectivity index (χ3n) is 3.50. The molecule has 0 aromatic carbocycles. The smallest absolute Gasteiger partial charge is 0.320 e. The molecular formula is C13H20O4. The number of hydrogen-bond donors (Lipinski definition) is 0. The Morgan fingerprint density at radius 1 is 1.06 bits per heavy atom. The van der Waals surface area contributed by atoms with Crippen LogP contribution in [0.3, 0.4) is 0 Å². The molecule has 0 radical (unpaired) electrons. The van der Waals surface area contributed by atoms with E-state index in [1.165, 1.54) is 0 Å². The molecular weight excluding hydrogens is 220 g/mol. The maximum Gasteiger partial charge on any atom is 0.320 e. The second-order valence-electron chi connectivity index (χ2n) is 6.18. The van der Waals surface area contributed by atoms with E-state index in [1.807, 2.05) is 6.92 Å². The van der Waals surface area contributed by atoms with Crippen LogP contribution in [-0.4, -0.2) is 24.1 Å². The molecule has 0 bridgehead atoms. The van der Waals surface area contributed by atoms with Crippen LogP contribution in [0.15, 0.2) is 0 Å². The summed E-state index contributed by atoms with van der Waals surface area (Å²) in [4.78, 5) is 23.3. The maximum atomic E-state index is 11.7. The molecule has 2 aliphatic heterocycles. The van der Waals surface area contributed by atoms with Gasteiger partial charge >= 0.3 is 11.9 Å². The van der Waals surface area contributed by atoms with Gasteiger partial charge in [-0.05, 0) is 18.3 Å². The Morgan fingerprint density at radius 3 is 2.06 bits per heavy atom. The number of hydrogen-bond acceptors (Lipinski definition) is 4. The summed E-state index contributed by atoms with van der Waals surface area (Å²) in [6.07, 6.45) is 1.17. The summed E-state index contributed by atoms with van der Waals surface area (Å²) in [5.74, 6) is -1.56. The summed E-state index contributed by atoms with van der Waals surface area (Å²) in [5.41, 5.74) is 0.0732. The first kappa shape index (κ1) is 12.6. The Kier molecular flexibility index (Phi) is 3.02. The van der Waals surface area contributed by atoms with Gasteiger partial charge in [0, 0.05) is 0 Å². The zero-order valence-corrected chi connectivity index (χ0v) is 10.9. The van der Waals surface area contributed by atoms with Gasteiger partial charge in [-0.3, -0.25) is 9.59 Å². The molecule has 0 N–H and O–H groups in total. The van der Waals surface area contributed by atoms with Crippen LogP contribution in [0.5, 0.6) is 0 Å². The number of ether oxygens (including phenoxy) is 2. The normalized spacial score (nSPS) is 37.2. The minimum Gasteiger partial charge on any atom is -0.393 e. The Morgan fingerprint density at radius 2 is 1.59 bits per heavy atom. The van der Waals surface area contributed by atoms with Crippen LogP contribution in [0, 0.1) is 17.3 Å². The molecule has 2 saturated heterocycles. The lowest BCUT2D eigenvalue weighted by atomic mass is 9.81. The summed E-state index contributed by atoms with van der Waals surface area (Å²) in [5, 5.41) is 0. The second-order valence-corrected chi connectivity index (χ2v) is 6.18. The van der Waals surface area contributed by atoms with Crippen molar-refractivity contribution in [2.24, 2.45) is 17.3 Å². The first-order valence-electron chi connectivity index (χ1n) is 6.24. The van der Waals surface area contributed by atoms with E-state index in [0.29, 0.717) is 0 Å². The highest BCUT2D eigenvalue weighted by Crippen LogP contribution is 2.44. The monoisotopic (exact) mass is 240 g/mol. The lowest BCUT2D eigenvalue weighted by Gasteiger charge is -2.24. The van der Waals surface area contributed by atoms with Crippen molar-refractivity contribution in [1.29, 1.82) is 0 Å². The van der Waals surface area contributed by atoms with Crippen molar-refractivity contribution < 1.29 is 19.1 Å². The molecule has 0 spiro atoms. The SMILES string of the molecule is CCC1OC(CC(C)(C)C)C2C(=O)OC(=O)C12. The molecule has 4 heteroatoms. The van der Waals surface area contributed by atoms with Crippen LogP contribution in [0.1, 0.15) is 40.5 Å². The highest BCUT2D eigenvalue weighted by atomic mass is 16.6. The van der Waals surface area contributed by atoms with Crippen molar-refractivity contribution >= 4 is 11.9 Å². The third kappa shape index (κ3) is 2.23. The van der Waals surface area contributed by atoms with Gasteiger partial charge in [0.25, 0.3) is 0 Å². The van der Waals surface area contributed by atoms with Crippen molar-refractivity contribution in [3.05, 3.63) is 0 Å². The molecule has 0 saturated carbocycles. The van der Waals surface area contributed by atoms with Crippen molar-refractivity contribution in [3.63, 3.8) is 0 Å². The number of carbonyl (C=O) groups excluding carboxylic acids is 2. The molecule has 17 heavy (non-hydrogen) atoms. The highest BCUT2D eigenvalue weighted by molar-refractivity contribution is 5.97. The van der Waals surface area contributed by atoms with Crippen LogP contribution in [0.4, 0.5) is 0 Å². The van der Waals surface area contributed by atoms with Gasteiger partial charge in [-0.1, -0.05) is 27.7 Å². The van der Waals surface area contributed by atoms with Crippen LogP contribution in [0.2, 0.25) is 0 Å². The number of carbonyl (C=O) groups is 2. The van der Waals surface area contributed by atoms with Gasteiger partial charge in [-0.2, -0.15) is 0 Å². The van der Waals surface area contributed by atoms with Crippen molar-refractivity contribution in [3.8, 4) is 0 Å². The highest BCUT2D eigenvalue weighted by Gasteiger charge is 2.58. The molecule has 4 unspecified atom stereocenters. The van der Waals surface area contributed by atoms with Crippen LogP contribution in [-0.2, 0) is 19.1 Å². The number of rotatable bonds is 2. The first-order chi connectivity index (χ1) is 7.83. The average Bonchev–Trinajstić information content (AvgIpc) is 2.66. The van der Waals surface area contributed by atoms with Gasteiger partial charge < -0.3 is 9.47 Å². The fourth-order valence-corrected chi connectivity index (χ4v) is 2.82. The number of fused-ring (bicyclic) bond motifs is 1. The van der Waals surface area contributed by atoms with Gasteiger partial charge in [0.05, 0.1) is 24.0 Å². The quantitative estimate of drug-likeness (QED) is 0.546. The lowest BCUT2D eigenvalue weighted by Crippen LogP contribution is -2.28. The first-order valence-corrected chi connectivity index (χ1v) is 6.24. The average molecular weight is 240 g/mol. The zero-order valence-electron chi connectivity index (χ0n) is 10.9. The maximum absolute atomic E-state index is 11.7. The standard InChI is InChI=1S/C13H20O4/c1-5-7-9-10(12(15)17-11(9)14)8(16-7)6-13(2,3)4/h7-10H,5-6H2,1-4H3. The van der Waals surface area contributed by atoms with Crippen LogP contribution in [0.25, 0.3) is 0 Å². The summed E-state index contributed by atoms with van der Waals surface area (Å²) < 4.78 is 10.6. The van der Waals surface area contributed by atoms with Crippen molar-refractivity contribution in [2.45, 2.75) is 52.7 Å². The van der Waals surface area contributed by atoms with Crippen LogP contribution >= 0.6 is 0 Å². The van der Waals surface area contributed by atoms with Gasteiger partial charge in [0.1, 0.15) is 0 Å². The van der Waals surface area contributed by atoms with E-state index in [9.17, 15) is 9.59 Å². The van der Waals surface area contributed by atoms with E-state index in [-0.39, 0.29) is 29.5 Å². The number of cyclic esters (lactones) is 2. The fraction of sp³-hybridized carbons (Fsp3) is 0.846. The van der Waals surface area contributed by atoms with Gasteiger partial charge in [-0.15, -0.1) is 0 Å². The Bertz CT molecular complexity index is 342. The largest absolute Gasteiger partial charge is 0.393 e. The number of esters is 2. The van der Waals surface area contributed by atoms with E-state index in [1.54, 1.807) is 0 Å². The van der Waals surface area contributed by atoms with Gasteiger partial charge in [0.2, 0.25) is 0 Å². The van der Waals surface area contributed by atoms with Gasteiger partial charge in [-0.25, -0.2) is 0 Å². The topological polar surface area (TPSA) is 52.6 Å². The molecule has 4 atom stereocenters. The molecule has 0 aromatic heterocycles. The van der Waals surface area contributed by atoms with E-state index in [4.69, 9.17) is 9.47 Å². The molecule has 0 aliphatic carbocycles. The van der Waals surface area contributed by atoms with Crippen LogP contribution < -0.4 is 0 Å². The molecule has 96 valence electrons. The molecule has 2 rings (SSSR count). The minimum absolute atomic E-state index is 0.0732. The summed E-state index contributed by atoms with van der Waals surface area (Å²) in [6.45, 7) is 8.28. The third-order valence-corrected chi connectivity index (χ3v) is 3.50. The second kappa shape index (κ2) is 4.09. The summed E-state index contributed by atoms with van der Waals surface area (Å²) >= 11 is 0. The minimum atomic E-state index is -0.400. The Hall–Kier alpha value is -0.900. The lowest BCUT2D eigenvalue weighted by molar-refractivity contribution is -0.158. The molecule has 0 aromatic rings. The fourth-order valence-electron chi connectivity index (χ4n) is 2.82. The molecule has 2 aliphatic rings. The van der Waals surface area contributed by atoms with E-state index in [2.05, 4.69) is 20.8 Å². The van der Waals surface area contributed by atoms with E-state index in [0.717, 1.165) is 12.8 Å². The van der Waals surface area contributed by atoms with E-state index < -0.39 is 11.9 Å². The predicted molar refractivity (Wildman–Crippen MR) is 61.1 cm³/mol. The molecule has 2 fully saturated rings. The Balaban J connectivity index is 2.20. The van der Waals surface area contributed by atoms with Crippen molar-refractivity contribution in [1.82, 2.24) is 0 Å². The van der Waals surface area contributed by atoms with E-state index >= 15 is 0 Å². The van der Waals surface area contributed by atoms with Crippen molar-refractivity contribution in [2.75, 3.05) is 0 Å². The Labute approximate surface area is 102 Å². The summed E-state index contributed by atoms with van der Waals surface area (Å²) in [6, 6.07) is 0. The molecule has 4 nitrogen and oxygen atoms in total.